The molecule has 0 radical (unpaired) electrons. The number of amides is 2. The van der Waals surface area contributed by atoms with E-state index in [2.05, 4.69) is 15.3 Å². The smallest absolute Gasteiger partial charge is 0.258 e. The first kappa shape index (κ1) is 18.4. The predicted molar refractivity (Wildman–Crippen MR) is 113 cm³/mol. The van der Waals surface area contributed by atoms with E-state index in [1.807, 2.05) is 55.5 Å². The third-order valence-corrected chi connectivity index (χ3v) is 5.65. The van der Waals surface area contributed by atoms with E-state index in [4.69, 9.17) is 0 Å². The van der Waals surface area contributed by atoms with Crippen molar-refractivity contribution in [3.63, 3.8) is 0 Å². The van der Waals surface area contributed by atoms with Gasteiger partial charge in [-0.05, 0) is 50.6 Å². The zero-order valence-corrected chi connectivity index (χ0v) is 16.7. The van der Waals surface area contributed by atoms with Crippen LogP contribution in [0.15, 0.2) is 58.5 Å². The van der Waals surface area contributed by atoms with E-state index in [1.54, 1.807) is 13.8 Å². The number of hydrogen-bond acceptors (Lipinski definition) is 5. The molecule has 7 heteroatoms. The van der Waals surface area contributed by atoms with Crippen LogP contribution < -0.4 is 5.32 Å². The monoisotopic (exact) mass is 392 g/mol. The standard InChI is InChI=1S/C21H20N4O2S/c1-12-7-6-8-15(11-12)23-19(26)14(3)28-21-24-17-10-5-4-9-16(17)18-22-13(2)20(27)25(18)21/h4-11,13-14H,1-3H3,(H,23,26)/t13-,14-/m0/s1. The van der Waals surface area contributed by atoms with Gasteiger partial charge >= 0.3 is 0 Å². The molecule has 1 N–H and O–H groups in total. The van der Waals surface area contributed by atoms with Gasteiger partial charge in [-0.15, -0.1) is 0 Å². The summed E-state index contributed by atoms with van der Waals surface area (Å²) in [5, 5.41) is 2.97. The van der Waals surface area contributed by atoms with Gasteiger partial charge in [-0.2, -0.15) is 0 Å². The molecule has 0 saturated heterocycles. The highest BCUT2D eigenvalue weighted by molar-refractivity contribution is 8.15. The molecule has 0 unspecified atom stereocenters. The van der Waals surface area contributed by atoms with E-state index in [-0.39, 0.29) is 11.8 Å². The zero-order valence-electron chi connectivity index (χ0n) is 15.8. The van der Waals surface area contributed by atoms with Crippen LogP contribution in [0.2, 0.25) is 0 Å². The summed E-state index contributed by atoms with van der Waals surface area (Å²) in [7, 11) is 0. The first-order valence-electron chi connectivity index (χ1n) is 9.08. The number of anilines is 1. The molecule has 2 aromatic carbocycles. The first-order chi connectivity index (χ1) is 13.4. The highest BCUT2D eigenvalue weighted by Gasteiger charge is 2.40. The summed E-state index contributed by atoms with van der Waals surface area (Å²) in [5.41, 5.74) is 3.42. The number of nitrogens with one attached hydrogen (secondary N) is 1. The van der Waals surface area contributed by atoms with Crippen molar-refractivity contribution in [3.05, 3.63) is 59.7 Å². The van der Waals surface area contributed by atoms with Crippen LogP contribution in [-0.2, 0) is 9.59 Å². The summed E-state index contributed by atoms with van der Waals surface area (Å²) in [6.07, 6.45) is 0. The Hall–Kier alpha value is -2.93. The molecule has 2 aliphatic heterocycles. The molecule has 0 aromatic heterocycles. The van der Waals surface area contributed by atoms with Gasteiger partial charge in [0, 0.05) is 11.3 Å². The molecular weight excluding hydrogens is 372 g/mol. The molecule has 2 heterocycles. The Balaban J connectivity index is 1.58. The Labute approximate surface area is 167 Å². The highest BCUT2D eigenvalue weighted by Crippen LogP contribution is 2.34. The topological polar surface area (TPSA) is 74.1 Å². The van der Waals surface area contributed by atoms with Crippen molar-refractivity contribution in [2.45, 2.75) is 32.1 Å². The molecule has 0 fully saturated rings. The van der Waals surface area contributed by atoms with Crippen LogP contribution in [0.3, 0.4) is 0 Å². The van der Waals surface area contributed by atoms with E-state index in [9.17, 15) is 9.59 Å². The molecule has 0 spiro atoms. The number of hydrogen-bond donors (Lipinski definition) is 1. The van der Waals surface area contributed by atoms with Gasteiger partial charge in [0.1, 0.15) is 11.9 Å². The first-order valence-corrected chi connectivity index (χ1v) is 9.96. The number of amidine groups is 2. The zero-order chi connectivity index (χ0) is 19.8. The summed E-state index contributed by atoms with van der Waals surface area (Å²) in [6, 6.07) is 14.8. The fraction of sp³-hybridized carbons (Fsp3) is 0.238. The van der Waals surface area contributed by atoms with Crippen LogP contribution in [0.5, 0.6) is 0 Å². The largest absolute Gasteiger partial charge is 0.325 e. The van der Waals surface area contributed by atoms with Crippen molar-refractivity contribution in [2.75, 3.05) is 5.32 Å². The lowest BCUT2D eigenvalue weighted by molar-refractivity contribution is -0.124. The summed E-state index contributed by atoms with van der Waals surface area (Å²) in [4.78, 5) is 36.0. The molecule has 28 heavy (non-hydrogen) atoms. The minimum absolute atomic E-state index is 0.123. The summed E-state index contributed by atoms with van der Waals surface area (Å²) in [5.74, 6) is 0.342. The lowest BCUT2D eigenvalue weighted by Gasteiger charge is -2.26. The number of benzene rings is 2. The molecule has 0 saturated carbocycles. The fourth-order valence-electron chi connectivity index (χ4n) is 3.13. The van der Waals surface area contributed by atoms with E-state index >= 15 is 0 Å². The van der Waals surface area contributed by atoms with Crippen molar-refractivity contribution in [1.29, 1.82) is 0 Å². The third-order valence-electron chi connectivity index (χ3n) is 4.59. The predicted octanol–water partition coefficient (Wildman–Crippen LogP) is 3.73. The summed E-state index contributed by atoms with van der Waals surface area (Å²) < 4.78 is 0. The molecule has 0 bridgehead atoms. The molecule has 2 aromatic rings. The Morgan fingerprint density at radius 2 is 2.00 bits per heavy atom. The van der Waals surface area contributed by atoms with Gasteiger partial charge in [0.25, 0.3) is 5.91 Å². The molecule has 142 valence electrons. The van der Waals surface area contributed by atoms with Crippen LogP contribution in [0.25, 0.3) is 0 Å². The maximum Gasteiger partial charge on any atom is 0.258 e. The van der Waals surface area contributed by atoms with E-state index in [0.29, 0.717) is 11.0 Å². The van der Waals surface area contributed by atoms with Gasteiger partial charge in [-0.1, -0.05) is 36.0 Å². The number of rotatable bonds is 3. The van der Waals surface area contributed by atoms with Gasteiger partial charge in [-0.25, -0.2) is 9.89 Å². The maximum absolute atomic E-state index is 12.7. The number of nitrogens with zero attached hydrogens (tertiary/aromatic N) is 3. The third kappa shape index (κ3) is 3.33. The second kappa shape index (κ2) is 7.24. The van der Waals surface area contributed by atoms with Crippen molar-refractivity contribution in [1.82, 2.24) is 4.90 Å². The lowest BCUT2D eigenvalue weighted by Crippen LogP contribution is -2.41. The average Bonchev–Trinajstić information content (AvgIpc) is 2.97. The quantitative estimate of drug-likeness (QED) is 0.865. The van der Waals surface area contributed by atoms with E-state index < -0.39 is 11.3 Å². The molecule has 2 atom stereocenters. The van der Waals surface area contributed by atoms with Gasteiger partial charge in [0.05, 0.1) is 10.9 Å². The van der Waals surface area contributed by atoms with Crippen molar-refractivity contribution in [2.24, 2.45) is 9.98 Å². The van der Waals surface area contributed by atoms with Crippen molar-refractivity contribution < 1.29 is 9.59 Å². The van der Waals surface area contributed by atoms with Crippen molar-refractivity contribution >= 4 is 46.0 Å². The maximum atomic E-state index is 12.7. The molecule has 2 amide bonds. The molecule has 2 aliphatic rings. The Morgan fingerprint density at radius 1 is 1.21 bits per heavy atom. The molecule has 4 rings (SSSR count). The van der Waals surface area contributed by atoms with Gasteiger partial charge in [0.2, 0.25) is 5.91 Å². The van der Waals surface area contributed by atoms with Crippen LogP contribution in [0.4, 0.5) is 11.4 Å². The minimum Gasteiger partial charge on any atom is -0.325 e. The second-order valence-electron chi connectivity index (χ2n) is 6.83. The lowest BCUT2D eigenvalue weighted by atomic mass is 10.1. The Kier molecular flexibility index (Phi) is 4.77. The SMILES string of the molecule is Cc1cccc(NC(=O)[C@H](C)SC2=Nc3ccccc3C3=N[C@@H](C)C(=O)N23)c1. The molecule has 6 nitrogen and oxygen atoms in total. The van der Waals surface area contributed by atoms with Gasteiger partial charge in [-0.3, -0.25) is 14.6 Å². The second-order valence-corrected chi connectivity index (χ2v) is 8.14. The van der Waals surface area contributed by atoms with Crippen molar-refractivity contribution in [3.8, 4) is 0 Å². The number of carbonyl (C=O) groups excluding carboxylic acids is 2. The Bertz CT molecular complexity index is 1030. The fourth-order valence-corrected chi connectivity index (χ4v) is 4.05. The normalized spacial score (nSPS) is 18.8. The number of aliphatic imine (C=N–C) groups is 2. The highest BCUT2D eigenvalue weighted by atomic mass is 32.2. The number of carbonyl (C=O) groups is 2. The molecule has 0 aliphatic carbocycles. The van der Waals surface area contributed by atoms with Crippen LogP contribution in [0.1, 0.15) is 25.0 Å². The summed E-state index contributed by atoms with van der Waals surface area (Å²) >= 11 is 1.26. The minimum atomic E-state index is -0.455. The van der Waals surface area contributed by atoms with Crippen LogP contribution in [-0.4, -0.2) is 39.0 Å². The number of fused-ring (bicyclic) bond motifs is 3. The number of thioether (sulfide) groups is 1. The van der Waals surface area contributed by atoms with E-state index in [1.165, 1.54) is 16.7 Å². The van der Waals surface area contributed by atoms with Crippen LogP contribution in [0, 0.1) is 6.92 Å². The van der Waals surface area contributed by atoms with Crippen LogP contribution >= 0.6 is 11.8 Å². The number of para-hydroxylation sites is 1. The summed E-state index contributed by atoms with van der Waals surface area (Å²) in [6.45, 7) is 5.55. The van der Waals surface area contributed by atoms with Gasteiger partial charge in [0.15, 0.2) is 5.17 Å². The average molecular weight is 392 g/mol. The van der Waals surface area contributed by atoms with E-state index in [0.717, 1.165) is 22.5 Å². The molecular formula is C21H20N4O2S. The van der Waals surface area contributed by atoms with Gasteiger partial charge < -0.3 is 5.32 Å². The number of aryl methyl sites for hydroxylation is 1. The Morgan fingerprint density at radius 3 is 2.79 bits per heavy atom.